The van der Waals surface area contributed by atoms with Crippen LogP contribution in [0.5, 0.6) is 0 Å². The number of fused-ring (bicyclic) bond motifs is 1. The molecule has 2 aromatic rings. The lowest BCUT2D eigenvalue weighted by Crippen LogP contribution is -2.21. The molecule has 21 heavy (non-hydrogen) atoms. The van der Waals surface area contributed by atoms with Gasteiger partial charge >= 0.3 is 5.97 Å². The van der Waals surface area contributed by atoms with Gasteiger partial charge in [-0.1, -0.05) is 0 Å². The maximum Gasteiger partial charge on any atom is 0.337 e. The van der Waals surface area contributed by atoms with Crippen LogP contribution in [0.2, 0.25) is 0 Å². The zero-order valence-electron chi connectivity index (χ0n) is 11.6. The Bertz CT molecular complexity index is 714. The lowest BCUT2D eigenvalue weighted by molar-refractivity contribution is -0.118. The van der Waals surface area contributed by atoms with Gasteiger partial charge in [0.2, 0.25) is 5.91 Å². The predicted molar refractivity (Wildman–Crippen MR) is 79.5 cm³/mol. The molecule has 1 aliphatic rings. The number of primary amides is 1. The highest BCUT2D eigenvalue weighted by Gasteiger charge is 2.21. The summed E-state index contributed by atoms with van der Waals surface area (Å²) >= 11 is 0. The number of hydrogen-bond acceptors (Lipinski definition) is 3. The van der Waals surface area contributed by atoms with Gasteiger partial charge in [0.1, 0.15) is 6.54 Å². The smallest absolute Gasteiger partial charge is 0.337 e. The molecule has 6 nitrogen and oxygen atoms in total. The van der Waals surface area contributed by atoms with Crippen LogP contribution in [0.1, 0.15) is 23.2 Å². The molecule has 1 saturated heterocycles. The van der Waals surface area contributed by atoms with Crippen LogP contribution >= 0.6 is 0 Å². The van der Waals surface area contributed by atoms with Gasteiger partial charge in [0.25, 0.3) is 0 Å². The minimum Gasteiger partial charge on any atom is -0.478 e. The Kier molecular flexibility index (Phi) is 3.29. The highest BCUT2D eigenvalue weighted by atomic mass is 16.4. The number of carboxylic acid groups (broad SMARTS) is 1. The second-order valence-electron chi connectivity index (χ2n) is 5.34. The van der Waals surface area contributed by atoms with E-state index in [1.54, 1.807) is 16.8 Å². The first-order chi connectivity index (χ1) is 10.1. The van der Waals surface area contributed by atoms with Gasteiger partial charge in [-0.05, 0) is 31.0 Å². The number of nitrogens with two attached hydrogens (primary N) is 1. The fourth-order valence-corrected chi connectivity index (χ4v) is 2.92. The first-order valence-corrected chi connectivity index (χ1v) is 6.95. The number of anilines is 1. The van der Waals surface area contributed by atoms with E-state index in [-0.39, 0.29) is 12.1 Å². The number of carboxylic acids is 1. The quantitative estimate of drug-likeness (QED) is 0.890. The third kappa shape index (κ3) is 2.44. The van der Waals surface area contributed by atoms with E-state index in [4.69, 9.17) is 5.73 Å². The lowest BCUT2D eigenvalue weighted by Gasteiger charge is -2.20. The predicted octanol–water partition coefficient (Wildman–Crippen LogP) is 1.42. The Hall–Kier alpha value is -2.50. The van der Waals surface area contributed by atoms with Crippen molar-refractivity contribution in [2.24, 2.45) is 5.73 Å². The number of nitrogens with zero attached hydrogens (tertiary/aromatic N) is 2. The van der Waals surface area contributed by atoms with E-state index < -0.39 is 11.9 Å². The monoisotopic (exact) mass is 287 g/mol. The number of aromatic nitrogens is 1. The summed E-state index contributed by atoms with van der Waals surface area (Å²) in [6.07, 6.45) is 3.92. The van der Waals surface area contributed by atoms with Gasteiger partial charge in [-0.2, -0.15) is 0 Å². The van der Waals surface area contributed by atoms with Crippen molar-refractivity contribution in [1.29, 1.82) is 0 Å². The summed E-state index contributed by atoms with van der Waals surface area (Å²) < 4.78 is 1.68. The minimum atomic E-state index is -0.953. The van der Waals surface area contributed by atoms with E-state index in [1.807, 2.05) is 12.1 Å². The largest absolute Gasteiger partial charge is 0.478 e. The fraction of sp³-hybridized carbons (Fsp3) is 0.333. The zero-order chi connectivity index (χ0) is 15.0. The number of carbonyl (C=O) groups is 2. The van der Waals surface area contributed by atoms with Gasteiger partial charge in [-0.3, -0.25) is 4.79 Å². The molecule has 0 radical (unpaired) electrons. The molecule has 3 rings (SSSR count). The van der Waals surface area contributed by atoms with Crippen molar-refractivity contribution < 1.29 is 14.7 Å². The van der Waals surface area contributed by atoms with E-state index in [0.29, 0.717) is 5.52 Å². The van der Waals surface area contributed by atoms with Crippen LogP contribution in [0.15, 0.2) is 24.4 Å². The number of hydrogen-bond donors (Lipinski definition) is 2. The molecule has 0 saturated carbocycles. The molecule has 110 valence electrons. The summed E-state index contributed by atoms with van der Waals surface area (Å²) in [7, 11) is 0. The average Bonchev–Trinajstić information content (AvgIpc) is 3.06. The maximum atomic E-state index is 11.5. The van der Waals surface area contributed by atoms with Gasteiger partial charge < -0.3 is 20.3 Å². The molecule has 6 heteroatoms. The molecule has 3 N–H and O–H groups in total. The van der Waals surface area contributed by atoms with Crippen molar-refractivity contribution in [3.8, 4) is 0 Å². The zero-order valence-corrected chi connectivity index (χ0v) is 11.6. The van der Waals surface area contributed by atoms with Crippen molar-refractivity contribution in [2.75, 3.05) is 18.0 Å². The van der Waals surface area contributed by atoms with Crippen LogP contribution in [0.4, 0.5) is 5.69 Å². The molecule has 1 aromatic heterocycles. The topological polar surface area (TPSA) is 88.6 Å². The van der Waals surface area contributed by atoms with Gasteiger partial charge in [-0.25, -0.2) is 4.79 Å². The summed E-state index contributed by atoms with van der Waals surface area (Å²) in [5.74, 6) is -1.40. The standard InChI is InChI=1S/C15H17N3O3/c16-14(19)9-18-6-3-10-7-13(17-4-1-2-5-17)11(15(20)21)8-12(10)18/h3,6-8H,1-2,4-5,9H2,(H2,16,19)(H,20,21). The molecule has 0 spiro atoms. The molecule has 1 aliphatic heterocycles. The molecular weight excluding hydrogens is 270 g/mol. The van der Waals surface area contributed by atoms with E-state index in [9.17, 15) is 14.7 Å². The van der Waals surface area contributed by atoms with Crippen LogP contribution in [-0.2, 0) is 11.3 Å². The Balaban J connectivity index is 2.13. The van der Waals surface area contributed by atoms with Gasteiger partial charge in [-0.15, -0.1) is 0 Å². The van der Waals surface area contributed by atoms with E-state index in [0.717, 1.165) is 37.0 Å². The highest BCUT2D eigenvalue weighted by Crippen LogP contribution is 2.30. The Morgan fingerprint density at radius 1 is 1.24 bits per heavy atom. The van der Waals surface area contributed by atoms with Crippen molar-refractivity contribution in [3.05, 3.63) is 30.0 Å². The van der Waals surface area contributed by atoms with E-state index >= 15 is 0 Å². The first-order valence-electron chi connectivity index (χ1n) is 6.95. The number of carbonyl (C=O) groups excluding carboxylic acids is 1. The summed E-state index contributed by atoms with van der Waals surface area (Å²) in [6.45, 7) is 1.81. The third-order valence-corrected chi connectivity index (χ3v) is 3.89. The van der Waals surface area contributed by atoms with Crippen LogP contribution in [-0.4, -0.2) is 34.6 Å². The first kappa shape index (κ1) is 13.5. The highest BCUT2D eigenvalue weighted by molar-refractivity contribution is 6.00. The number of rotatable bonds is 4. The van der Waals surface area contributed by atoms with E-state index in [1.165, 1.54) is 0 Å². The van der Waals surface area contributed by atoms with E-state index in [2.05, 4.69) is 4.90 Å². The van der Waals surface area contributed by atoms with Crippen molar-refractivity contribution in [2.45, 2.75) is 19.4 Å². The maximum absolute atomic E-state index is 11.5. The van der Waals surface area contributed by atoms with Gasteiger partial charge in [0, 0.05) is 30.2 Å². The summed E-state index contributed by atoms with van der Waals surface area (Å²) in [4.78, 5) is 24.7. The molecular formula is C15H17N3O3. The summed E-state index contributed by atoms with van der Waals surface area (Å²) in [6, 6.07) is 5.40. The molecule has 0 atom stereocenters. The van der Waals surface area contributed by atoms with Crippen LogP contribution < -0.4 is 10.6 Å². The van der Waals surface area contributed by atoms with Gasteiger partial charge in [0.05, 0.1) is 11.3 Å². The summed E-state index contributed by atoms with van der Waals surface area (Å²) in [5, 5.41) is 10.4. The van der Waals surface area contributed by atoms with Crippen LogP contribution in [0.25, 0.3) is 10.9 Å². The van der Waals surface area contributed by atoms with Gasteiger partial charge in [0.15, 0.2) is 0 Å². The SMILES string of the molecule is NC(=O)Cn1ccc2cc(N3CCCC3)c(C(=O)O)cc21. The van der Waals surface area contributed by atoms with Crippen molar-refractivity contribution in [3.63, 3.8) is 0 Å². The number of benzene rings is 1. The third-order valence-electron chi connectivity index (χ3n) is 3.89. The van der Waals surface area contributed by atoms with Crippen molar-refractivity contribution in [1.82, 2.24) is 4.57 Å². The number of amides is 1. The normalized spacial score (nSPS) is 14.8. The Labute approximate surface area is 121 Å². The molecule has 0 bridgehead atoms. The Morgan fingerprint density at radius 2 is 1.95 bits per heavy atom. The molecule has 1 aromatic carbocycles. The Morgan fingerprint density at radius 3 is 2.57 bits per heavy atom. The molecule has 0 unspecified atom stereocenters. The minimum absolute atomic E-state index is 0.0472. The molecule has 2 heterocycles. The second-order valence-corrected chi connectivity index (χ2v) is 5.34. The number of aromatic carboxylic acids is 1. The average molecular weight is 287 g/mol. The fourth-order valence-electron chi connectivity index (χ4n) is 2.92. The molecule has 1 fully saturated rings. The summed E-state index contributed by atoms with van der Waals surface area (Å²) in [5.41, 5.74) is 6.96. The molecule has 1 amide bonds. The lowest BCUT2D eigenvalue weighted by atomic mass is 10.1. The molecule has 0 aliphatic carbocycles. The second kappa shape index (κ2) is 5.12. The van der Waals surface area contributed by atoms with Crippen LogP contribution in [0, 0.1) is 0 Å². The van der Waals surface area contributed by atoms with Crippen molar-refractivity contribution >= 4 is 28.5 Å². The van der Waals surface area contributed by atoms with Crippen LogP contribution in [0.3, 0.4) is 0 Å².